The van der Waals surface area contributed by atoms with Gasteiger partial charge in [-0.3, -0.25) is 9.59 Å². The molecule has 12 heteroatoms. The Morgan fingerprint density at radius 1 is 0.935 bits per heavy atom. The molecule has 0 fully saturated rings. The number of nitrogens with zero attached hydrogens (tertiary/aromatic N) is 2. The number of carbonyl (C=O) groups is 2. The number of carboxylic acids is 1. The summed E-state index contributed by atoms with van der Waals surface area (Å²) < 4.78 is 42.8. The first-order chi connectivity index (χ1) is 22.0. The van der Waals surface area contributed by atoms with Gasteiger partial charge in [-0.05, 0) is 66.6 Å². The van der Waals surface area contributed by atoms with Crippen molar-refractivity contribution in [1.82, 2.24) is 10.3 Å². The number of halogens is 4. The second kappa shape index (κ2) is 14.1. The highest BCUT2D eigenvalue weighted by Gasteiger charge is 2.31. The van der Waals surface area contributed by atoms with Gasteiger partial charge in [-0.2, -0.15) is 0 Å². The number of nitrogens with one attached hydrogen (secondary N) is 1. The lowest BCUT2D eigenvalue weighted by molar-refractivity contribution is -0.274. The molecule has 0 saturated carbocycles. The van der Waals surface area contributed by atoms with Crippen LogP contribution in [0.3, 0.4) is 0 Å². The summed E-state index contributed by atoms with van der Waals surface area (Å²) in [5.74, 6) is -1.77. The molecule has 5 aromatic rings. The van der Waals surface area contributed by atoms with Crippen LogP contribution >= 0.6 is 22.9 Å². The van der Waals surface area contributed by atoms with Crippen molar-refractivity contribution in [2.45, 2.75) is 25.7 Å². The molecule has 1 atom stereocenters. The molecule has 0 saturated heterocycles. The van der Waals surface area contributed by atoms with E-state index in [4.69, 9.17) is 21.7 Å². The Bertz CT molecular complexity index is 1800. The normalized spacial score (nSPS) is 11.9. The van der Waals surface area contributed by atoms with Crippen molar-refractivity contribution in [2.75, 3.05) is 11.4 Å². The zero-order valence-electron chi connectivity index (χ0n) is 24.3. The zero-order valence-corrected chi connectivity index (χ0v) is 25.9. The number of ether oxygens (including phenoxy) is 1. The standard InChI is InChI=1S/C34H27ClF3N3O4S/c1-21(22-7-9-25(10-8-22)32(44)39-20-19-29(42)43)41(27-15-17-28(18-16-27)45-34(36,37)38)33-40-30(23-11-13-26(35)14-12-23)31(46-33)24-5-3-2-4-6-24/h2-18,21H,19-20H2,1H3,(H,39,44)(H,42,43). The number of aromatic nitrogens is 1. The van der Waals surface area contributed by atoms with E-state index in [0.717, 1.165) is 21.6 Å². The third-order valence-electron chi connectivity index (χ3n) is 6.99. The topological polar surface area (TPSA) is 91.8 Å². The van der Waals surface area contributed by atoms with Crippen molar-refractivity contribution in [3.63, 3.8) is 0 Å². The van der Waals surface area contributed by atoms with Gasteiger partial charge in [0.1, 0.15) is 5.75 Å². The summed E-state index contributed by atoms with van der Waals surface area (Å²) in [5.41, 5.74) is 4.20. The smallest absolute Gasteiger partial charge is 0.481 e. The number of benzene rings is 4. The molecule has 0 bridgehead atoms. The first kappa shape index (κ1) is 32.5. The van der Waals surface area contributed by atoms with Crippen LogP contribution in [0.1, 0.15) is 35.3 Å². The number of hydrogen-bond donors (Lipinski definition) is 2. The highest BCUT2D eigenvalue weighted by atomic mass is 35.5. The average Bonchev–Trinajstić information content (AvgIpc) is 3.47. The van der Waals surface area contributed by atoms with Crippen molar-refractivity contribution in [2.24, 2.45) is 0 Å². The largest absolute Gasteiger partial charge is 0.573 e. The Kier molecular flexibility index (Phi) is 9.93. The molecule has 1 aromatic heterocycles. The minimum atomic E-state index is -4.83. The summed E-state index contributed by atoms with van der Waals surface area (Å²) in [6, 6.07) is 29.1. The van der Waals surface area contributed by atoms with Crippen LogP contribution in [-0.4, -0.2) is 34.9 Å². The molecule has 236 valence electrons. The van der Waals surface area contributed by atoms with Crippen LogP contribution < -0.4 is 15.0 Å². The Morgan fingerprint density at radius 3 is 2.20 bits per heavy atom. The minimum absolute atomic E-state index is 0.00209. The Labute approximate surface area is 271 Å². The van der Waals surface area contributed by atoms with Crippen LogP contribution in [0, 0.1) is 0 Å². The lowest BCUT2D eigenvalue weighted by Gasteiger charge is -2.29. The van der Waals surface area contributed by atoms with E-state index < -0.39 is 24.3 Å². The number of rotatable bonds is 11. The molecule has 0 spiro atoms. The number of hydrogen-bond acceptors (Lipinski definition) is 6. The van der Waals surface area contributed by atoms with Crippen LogP contribution in [0.25, 0.3) is 21.7 Å². The predicted octanol–water partition coefficient (Wildman–Crippen LogP) is 9.13. The van der Waals surface area contributed by atoms with Gasteiger partial charge in [-0.1, -0.05) is 77.5 Å². The third kappa shape index (κ3) is 8.04. The molecular formula is C34H27ClF3N3O4S. The minimum Gasteiger partial charge on any atom is -0.481 e. The number of alkyl halides is 3. The van der Waals surface area contributed by atoms with Crippen molar-refractivity contribution in [3.05, 3.63) is 119 Å². The van der Waals surface area contributed by atoms with Crippen molar-refractivity contribution in [3.8, 4) is 27.4 Å². The SMILES string of the molecule is CC(c1ccc(C(=O)NCCC(=O)O)cc1)N(c1ccc(OC(F)(F)F)cc1)c1nc(-c2ccc(Cl)cc2)c(-c2ccccc2)s1. The Morgan fingerprint density at radius 2 is 1.59 bits per heavy atom. The van der Waals surface area contributed by atoms with Gasteiger partial charge in [-0.25, -0.2) is 4.98 Å². The summed E-state index contributed by atoms with van der Waals surface area (Å²) in [6.07, 6.45) is -5.02. The van der Waals surface area contributed by atoms with Crippen LogP contribution in [0.2, 0.25) is 5.02 Å². The quantitative estimate of drug-likeness (QED) is 0.146. The average molecular weight is 666 g/mol. The number of thiazole rings is 1. The van der Waals surface area contributed by atoms with Gasteiger partial charge in [0.25, 0.3) is 5.91 Å². The van der Waals surface area contributed by atoms with Crippen LogP contribution in [0.4, 0.5) is 24.0 Å². The van der Waals surface area contributed by atoms with E-state index in [1.807, 2.05) is 54.3 Å². The predicted molar refractivity (Wildman–Crippen MR) is 173 cm³/mol. The molecule has 1 unspecified atom stereocenters. The fourth-order valence-corrected chi connectivity index (χ4v) is 6.08. The maximum atomic E-state index is 12.9. The third-order valence-corrected chi connectivity index (χ3v) is 8.35. The summed E-state index contributed by atoms with van der Waals surface area (Å²) in [7, 11) is 0. The second-order valence-corrected chi connectivity index (χ2v) is 11.6. The van der Waals surface area contributed by atoms with Gasteiger partial charge in [-0.15, -0.1) is 13.2 Å². The molecule has 0 radical (unpaired) electrons. The fourth-order valence-electron chi connectivity index (χ4n) is 4.76. The number of carboxylic acid groups (broad SMARTS) is 1. The monoisotopic (exact) mass is 665 g/mol. The highest BCUT2D eigenvalue weighted by molar-refractivity contribution is 7.19. The van der Waals surface area contributed by atoms with E-state index in [9.17, 15) is 22.8 Å². The molecule has 0 aliphatic carbocycles. The van der Waals surface area contributed by atoms with E-state index in [1.165, 1.54) is 35.6 Å². The molecule has 2 N–H and O–H groups in total. The van der Waals surface area contributed by atoms with Gasteiger partial charge in [0.15, 0.2) is 5.13 Å². The van der Waals surface area contributed by atoms with Gasteiger partial charge < -0.3 is 20.1 Å². The van der Waals surface area contributed by atoms with E-state index >= 15 is 0 Å². The van der Waals surface area contributed by atoms with E-state index in [-0.39, 0.29) is 18.7 Å². The van der Waals surface area contributed by atoms with Crippen LogP contribution in [0.5, 0.6) is 5.75 Å². The highest BCUT2D eigenvalue weighted by Crippen LogP contribution is 2.45. The van der Waals surface area contributed by atoms with Gasteiger partial charge in [0.05, 0.1) is 23.0 Å². The van der Waals surface area contributed by atoms with Gasteiger partial charge >= 0.3 is 12.3 Å². The second-order valence-electron chi connectivity index (χ2n) is 10.2. The molecule has 7 nitrogen and oxygen atoms in total. The maximum absolute atomic E-state index is 12.9. The first-order valence-electron chi connectivity index (χ1n) is 14.1. The summed E-state index contributed by atoms with van der Waals surface area (Å²) in [5, 5.41) is 12.6. The van der Waals surface area contributed by atoms with Crippen molar-refractivity contribution in [1.29, 1.82) is 0 Å². The molecule has 1 amide bonds. The summed E-state index contributed by atoms with van der Waals surface area (Å²) >= 11 is 7.60. The number of anilines is 2. The summed E-state index contributed by atoms with van der Waals surface area (Å²) in [4.78, 5) is 31.2. The summed E-state index contributed by atoms with van der Waals surface area (Å²) in [6.45, 7) is 1.92. The van der Waals surface area contributed by atoms with E-state index in [2.05, 4.69) is 10.1 Å². The molecule has 0 aliphatic rings. The maximum Gasteiger partial charge on any atom is 0.573 e. The number of aliphatic carboxylic acids is 1. The van der Waals surface area contributed by atoms with Crippen LogP contribution in [0.15, 0.2) is 103 Å². The fraction of sp³-hybridized carbons (Fsp3) is 0.147. The van der Waals surface area contributed by atoms with E-state index in [1.54, 1.807) is 36.4 Å². The number of amides is 1. The molecule has 1 heterocycles. The first-order valence-corrected chi connectivity index (χ1v) is 15.2. The number of carbonyl (C=O) groups excluding carboxylic acids is 1. The van der Waals surface area contributed by atoms with Gasteiger partial charge in [0, 0.05) is 28.4 Å². The molecule has 0 aliphatic heterocycles. The Hall–Kier alpha value is -4.87. The van der Waals surface area contributed by atoms with Crippen molar-refractivity contribution >= 4 is 45.6 Å². The van der Waals surface area contributed by atoms with E-state index in [0.29, 0.717) is 27.1 Å². The lowest BCUT2D eigenvalue weighted by Crippen LogP contribution is -2.26. The molecule has 46 heavy (non-hydrogen) atoms. The lowest BCUT2D eigenvalue weighted by atomic mass is 10.0. The van der Waals surface area contributed by atoms with Gasteiger partial charge in [0.2, 0.25) is 0 Å². The van der Waals surface area contributed by atoms with Crippen molar-refractivity contribution < 1.29 is 32.6 Å². The molecule has 5 rings (SSSR count). The Balaban J connectivity index is 1.56. The van der Waals surface area contributed by atoms with Crippen LogP contribution in [-0.2, 0) is 4.79 Å². The molecular weight excluding hydrogens is 639 g/mol. The molecule has 4 aromatic carbocycles. The zero-order chi connectivity index (χ0) is 32.8.